The Balaban J connectivity index is 2.57. The van der Waals surface area contributed by atoms with E-state index in [1.807, 2.05) is 0 Å². The van der Waals surface area contributed by atoms with Crippen LogP contribution in [0, 0.1) is 0 Å². The van der Waals surface area contributed by atoms with Crippen LogP contribution in [0.25, 0.3) is 0 Å². The zero-order valence-corrected chi connectivity index (χ0v) is 7.46. The highest BCUT2D eigenvalue weighted by Crippen LogP contribution is 1.93. The largest absolute Gasteiger partial charge is 0.340 e. The number of hydrogen-bond acceptors (Lipinski definition) is 3. The fourth-order valence-electron chi connectivity index (χ4n) is 0.708. The van der Waals surface area contributed by atoms with E-state index in [9.17, 15) is 4.79 Å². The van der Waals surface area contributed by atoms with Crippen molar-refractivity contribution in [3.8, 4) is 0 Å². The van der Waals surface area contributed by atoms with Crippen molar-refractivity contribution >= 4 is 11.7 Å². The summed E-state index contributed by atoms with van der Waals surface area (Å²) >= 11 is 0. The van der Waals surface area contributed by atoms with Crippen LogP contribution in [0.15, 0.2) is 17.4 Å². The molecule has 6 nitrogen and oxygen atoms in total. The molecule has 0 atom stereocenters. The molecule has 70 valence electrons. The molecule has 0 spiro atoms. The van der Waals surface area contributed by atoms with Gasteiger partial charge in [0.25, 0.3) is 0 Å². The Bertz CT molecular complexity index is 303. The molecule has 0 unspecified atom stereocenters. The van der Waals surface area contributed by atoms with Gasteiger partial charge < -0.3 is 5.32 Å². The smallest absolute Gasteiger partial charge is 0.334 e. The number of hydrogen-bond donors (Lipinski definition) is 3. The van der Waals surface area contributed by atoms with Crippen molar-refractivity contribution in [2.24, 2.45) is 5.10 Å². The topological polar surface area (TPSA) is 82.2 Å². The summed E-state index contributed by atoms with van der Waals surface area (Å²) in [4.78, 5) is 10.7. The van der Waals surface area contributed by atoms with Gasteiger partial charge in [-0.25, -0.2) is 10.2 Å². The van der Waals surface area contributed by atoms with E-state index in [-0.39, 0.29) is 6.03 Å². The summed E-state index contributed by atoms with van der Waals surface area (Å²) in [6.45, 7) is 1.77. The number of rotatable bonds is 2. The van der Waals surface area contributed by atoms with Crippen LogP contribution in [0.4, 0.5) is 4.79 Å². The van der Waals surface area contributed by atoms with Gasteiger partial charge >= 0.3 is 6.03 Å². The lowest BCUT2D eigenvalue weighted by Gasteiger charge is -1.98. The number of H-pyrrole nitrogens is 1. The number of hydrazone groups is 1. The second-order valence-corrected chi connectivity index (χ2v) is 2.36. The van der Waals surface area contributed by atoms with Crippen LogP contribution in [0.3, 0.4) is 0 Å². The first-order valence-electron chi connectivity index (χ1n) is 3.76. The molecule has 13 heavy (non-hydrogen) atoms. The van der Waals surface area contributed by atoms with Gasteiger partial charge in [-0.05, 0) is 13.0 Å². The number of aromatic amines is 1. The minimum atomic E-state index is -0.348. The summed E-state index contributed by atoms with van der Waals surface area (Å²) in [5.41, 5.74) is 3.75. The normalized spacial score (nSPS) is 11.1. The number of carbonyl (C=O) groups excluding carboxylic acids is 1. The SMILES string of the molecule is CNC(=O)N/N=C(/C)c1ccn[nH]1. The zero-order valence-electron chi connectivity index (χ0n) is 7.46. The summed E-state index contributed by atoms with van der Waals surface area (Å²) in [5, 5.41) is 12.7. The van der Waals surface area contributed by atoms with Crippen LogP contribution in [-0.4, -0.2) is 29.0 Å². The predicted octanol–water partition coefficient (Wildman–Crippen LogP) is 0.0627. The highest BCUT2D eigenvalue weighted by molar-refractivity contribution is 5.97. The summed E-state index contributed by atoms with van der Waals surface area (Å²) in [5.74, 6) is 0. The molecular formula is C7H11N5O. The average Bonchev–Trinajstić information content (AvgIpc) is 2.66. The molecule has 0 saturated carbocycles. The van der Waals surface area contributed by atoms with Crippen LogP contribution >= 0.6 is 0 Å². The molecule has 1 heterocycles. The molecule has 0 fully saturated rings. The van der Waals surface area contributed by atoms with Gasteiger partial charge in [-0.3, -0.25) is 5.10 Å². The Hall–Kier alpha value is -1.85. The first kappa shape index (κ1) is 9.24. The Morgan fingerprint density at radius 2 is 2.46 bits per heavy atom. The van der Waals surface area contributed by atoms with E-state index in [0.29, 0.717) is 5.71 Å². The maximum absolute atomic E-state index is 10.7. The number of aromatic nitrogens is 2. The van der Waals surface area contributed by atoms with Gasteiger partial charge in [0.2, 0.25) is 0 Å². The molecule has 0 saturated heterocycles. The molecule has 0 radical (unpaired) electrons. The molecule has 2 amide bonds. The fourth-order valence-corrected chi connectivity index (χ4v) is 0.708. The molecule has 1 aromatic heterocycles. The second-order valence-electron chi connectivity index (χ2n) is 2.36. The molecule has 0 aromatic carbocycles. The number of nitrogens with zero attached hydrogens (tertiary/aromatic N) is 2. The lowest BCUT2D eigenvalue weighted by molar-refractivity contribution is 0.243. The number of urea groups is 1. The number of carbonyl (C=O) groups is 1. The molecule has 0 aliphatic heterocycles. The third-order valence-electron chi connectivity index (χ3n) is 1.44. The maximum atomic E-state index is 10.7. The lowest BCUT2D eigenvalue weighted by atomic mass is 10.3. The van der Waals surface area contributed by atoms with Crippen molar-refractivity contribution in [2.75, 3.05) is 7.05 Å². The number of nitrogens with one attached hydrogen (secondary N) is 3. The Morgan fingerprint density at radius 3 is 3.00 bits per heavy atom. The van der Waals surface area contributed by atoms with Crippen molar-refractivity contribution in [1.29, 1.82) is 0 Å². The molecule has 0 bridgehead atoms. The van der Waals surface area contributed by atoms with Crippen LogP contribution in [-0.2, 0) is 0 Å². The zero-order chi connectivity index (χ0) is 9.68. The van der Waals surface area contributed by atoms with Crippen LogP contribution < -0.4 is 10.7 Å². The van der Waals surface area contributed by atoms with Gasteiger partial charge in [0.1, 0.15) is 0 Å². The predicted molar refractivity (Wildman–Crippen MR) is 48.4 cm³/mol. The van der Waals surface area contributed by atoms with Gasteiger partial charge in [-0.15, -0.1) is 0 Å². The van der Waals surface area contributed by atoms with E-state index in [1.54, 1.807) is 19.2 Å². The van der Waals surface area contributed by atoms with Gasteiger partial charge in [0.15, 0.2) is 0 Å². The van der Waals surface area contributed by atoms with E-state index in [0.717, 1.165) is 5.69 Å². The molecule has 1 aromatic rings. The molecule has 0 aliphatic carbocycles. The third kappa shape index (κ3) is 2.58. The van der Waals surface area contributed by atoms with E-state index in [2.05, 4.69) is 26.0 Å². The first-order valence-corrected chi connectivity index (χ1v) is 3.76. The van der Waals surface area contributed by atoms with Crippen molar-refractivity contribution in [3.05, 3.63) is 18.0 Å². The molecule has 1 rings (SSSR count). The summed E-state index contributed by atoms with van der Waals surface area (Å²) in [6.07, 6.45) is 1.62. The van der Waals surface area contributed by atoms with E-state index in [4.69, 9.17) is 0 Å². The molecule has 6 heteroatoms. The molecular weight excluding hydrogens is 170 g/mol. The minimum Gasteiger partial charge on any atom is -0.340 e. The van der Waals surface area contributed by atoms with E-state index >= 15 is 0 Å². The standard InChI is InChI=1S/C7H11N5O/c1-5(6-3-4-9-11-6)10-12-7(13)8-2/h3-4H,1-2H3,(H,9,11)(H2,8,12,13)/b10-5-. The molecule has 0 aliphatic rings. The van der Waals surface area contributed by atoms with Gasteiger partial charge in [0.05, 0.1) is 11.4 Å². The summed E-state index contributed by atoms with van der Waals surface area (Å²) in [6, 6.07) is 1.42. The van der Waals surface area contributed by atoms with E-state index in [1.165, 1.54) is 7.05 Å². The van der Waals surface area contributed by atoms with Crippen molar-refractivity contribution in [2.45, 2.75) is 6.92 Å². The maximum Gasteiger partial charge on any atom is 0.334 e. The Kier molecular flexibility index (Phi) is 3.02. The second kappa shape index (κ2) is 4.24. The monoisotopic (exact) mass is 181 g/mol. The molecule has 3 N–H and O–H groups in total. The first-order chi connectivity index (χ1) is 6.24. The van der Waals surface area contributed by atoms with Gasteiger partial charge in [0, 0.05) is 13.2 Å². The summed E-state index contributed by atoms with van der Waals surface area (Å²) in [7, 11) is 1.52. The van der Waals surface area contributed by atoms with Gasteiger partial charge in [-0.1, -0.05) is 0 Å². The lowest BCUT2D eigenvalue weighted by Crippen LogP contribution is -2.29. The highest BCUT2D eigenvalue weighted by Gasteiger charge is 1.98. The number of amides is 2. The van der Waals surface area contributed by atoms with Crippen molar-refractivity contribution < 1.29 is 4.79 Å². The van der Waals surface area contributed by atoms with Crippen LogP contribution in [0.1, 0.15) is 12.6 Å². The third-order valence-corrected chi connectivity index (χ3v) is 1.44. The van der Waals surface area contributed by atoms with E-state index < -0.39 is 0 Å². The van der Waals surface area contributed by atoms with Crippen LogP contribution in [0.2, 0.25) is 0 Å². The van der Waals surface area contributed by atoms with Crippen molar-refractivity contribution in [3.63, 3.8) is 0 Å². The Labute approximate surface area is 75.4 Å². The van der Waals surface area contributed by atoms with Crippen LogP contribution in [0.5, 0.6) is 0 Å². The minimum absolute atomic E-state index is 0.348. The van der Waals surface area contributed by atoms with Crippen molar-refractivity contribution in [1.82, 2.24) is 20.9 Å². The quantitative estimate of drug-likeness (QED) is 0.445. The highest BCUT2D eigenvalue weighted by atomic mass is 16.2. The van der Waals surface area contributed by atoms with Gasteiger partial charge in [-0.2, -0.15) is 10.2 Å². The summed E-state index contributed by atoms with van der Waals surface area (Å²) < 4.78 is 0. The average molecular weight is 181 g/mol. The fraction of sp³-hybridized carbons (Fsp3) is 0.286. The Morgan fingerprint density at radius 1 is 1.69 bits per heavy atom.